The lowest BCUT2D eigenvalue weighted by molar-refractivity contribution is -0.0558. The molecule has 0 bridgehead atoms. The number of hydrogen-bond acceptors (Lipinski definition) is 6. The summed E-state index contributed by atoms with van der Waals surface area (Å²) >= 11 is 0. The van der Waals surface area contributed by atoms with Gasteiger partial charge in [-0.25, -0.2) is 0 Å². The molecular formula is C9H15N3O3. The molecule has 6 nitrogen and oxygen atoms in total. The Morgan fingerprint density at radius 3 is 3.13 bits per heavy atom. The molecule has 1 fully saturated rings. The number of ether oxygens (including phenoxy) is 1. The zero-order chi connectivity index (χ0) is 10.7. The van der Waals surface area contributed by atoms with E-state index in [1.54, 1.807) is 6.92 Å². The number of aliphatic hydroxyl groups excluding tert-OH is 1. The predicted octanol–water partition coefficient (Wildman–Crippen LogP) is -0.429. The molecule has 1 aliphatic heterocycles. The number of nitrogens with zero attached hydrogens (tertiary/aromatic N) is 3. The zero-order valence-electron chi connectivity index (χ0n) is 8.72. The Labute approximate surface area is 87.8 Å². The van der Waals surface area contributed by atoms with E-state index >= 15 is 0 Å². The van der Waals surface area contributed by atoms with Gasteiger partial charge in [-0.05, 0) is 0 Å². The molecule has 2 heterocycles. The molecule has 15 heavy (non-hydrogen) atoms. The van der Waals surface area contributed by atoms with Crippen molar-refractivity contribution in [2.45, 2.75) is 19.6 Å². The second kappa shape index (κ2) is 4.69. The number of aromatic nitrogens is 2. The van der Waals surface area contributed by atoms with Gasteiger partial charge in [0.05, 0.1) is 25.9 Å². The highest BCUT2D eigenvalue weighted by Crippen LogP contribution is 2.08. The smallest absolute Gasteiger partial charge is 0.223 e. The monoisotopic (exact) mass is 213 g/mol. The zero-order valence-corrected chi connectivity index (χ0v) is 8.72. The van der Waals surface area contributed by atoms with Gasteiger partial charge in [0.2, 0.25) is 5.89 Å². The first-order valence-electron chi connectivity index (χ1n) is 5.02. The first kappa shape index (κ1) is 10.5. The summed E-state index contributed by atoms with van der Waals surface area (Å²) in [7, 11) is 0. The van der Waals surface area contributed by atoms with E-state index < -0.39 is 0 Å². The average Bonchev–Trinajstić information content (AvgIpc) is 2.64. The topological polar surface area (TPSA) is 71.6 Å². The van der Waals surface area contributed by atoms with Crippen molar-refractivity contribution in [3.05, 3.63) is 11.7 Å². The summed E-state index contributed by atoms with van der Waals surface area (Å²) in [4.78, 5) is 6.28. The van der Waals surface area contributed by atoms with E-state index in [2.05, 4.69) is 15.0 Å². The molecule has 1 N–H and O–H groups in total. The van der Waals surface area contributed by atoms with Gasteiger partial charge in [0.25, 0.3) is 0 Å². The van der Waals surface area contributed by atoms with Crippen LogP contribution in [0.4, 0.5) is 0 Å². The quantitative estimate of drug-likeness (QED) is 0.734. The van der Waals surface area contributed by atoms with Crippen LogP contribution in [0.5, 0.6) is 0 Å². The van der Waals surface area contributed by atoms with Crippen LogP contribution in [0.25, 0.3) is 0 Å². The molecule has 1 aliphatic rings. The van der Waals surface area contributed by atoms with Crippen LogP contribution < -0.4 is 0 Å². The van der Waals surface area contributed by atoms with E-state index in [-0.39, 0.29) is 12.7 Å². The number of aryl methyl sites for hydroxylation is 1. The highest BCUT2D eigenvalue weighted by Gasteiger charge is 2.20. The summed E-state index contributed by atoms with van der Waals surface area (Å²) in [5.41, 5.74) is 0. The molecule has 2 rings (SSSR count). The summed E-state index contributed by atoms with van der Waals surface area (Å²) in [5.74, 6) is 1.27. The van der Waals surface area contributed by atoms with Gasteiger partial charge in [-0.1, -0.05) is 5.16 Å². The van der Waals surface area contributed by atoms with Gasteiger partial charge in [0, 0.05) is 20.0 Å². The Morgan fingerprint density at radius 2 is 2.47 bits per heavy atom. The second-order valence-corrected chi connectivity index (χ2v) is 3.64. The van der Waals surface area contributed by atoms with Crippen molar-refractivity contribution in [3.8, 4) is 0 Å². The lowest BCUT2D eigenvalue weighted by Gasteiger charge is -2.30. The third-order valence-corrected chi connectivity index (χ3v) is 2.36. The van der Waals surface area contributed by atoms with Gasteiger partial charge in [0.1, 0.15) is 0 Å². The number of hydrogen-bond donors (Lipinski definition) is 1. The van der Waals surface area contributed by atoms with Gasteiger partial charge in [-0.3, -0.25) is 4.90 Å². The van der Waals surface area contributed by atoms with Gasteiger partial charge in [-0.15, -0.1) is 0 Å². The molecule has 0 aromatic carbocycles. The van der Waals surface area contributed by atoms with Crippen LogP contribution in [-0.2, 0) is 11.3 Å². The SMILES string of the molecule is Cc1nc(CN2CCOC(CO)C2)no1. The molecule has 0 saturated carbocycles. The Morgan fingerprint density at radius 1 is 1.60 bits per heavy atom. The Hall–Kier alpha value is -0.980. The molecule has 1 saturated heterocycles. The summed E-state index contributed by atoms with van der Waals surface area (Å²) in [5, 5.41) is 12.8. The van der Waals surface area contributed by atoms with E-state index in [9.17, 15) is 0 Å². The summed E-state index contributed by atoms with van der Waals surface area (Å²) < 4.78 is 10.2. The fourth-order valence-electron chi connectivity index (χ4n) is 1.64. The molecule has 0 radical (unpaired) electrons. The van der Waals surface area contributed by atoms with Gasteiger partial charge < -0.3 is 14.4 Å². The molecule has 1 aromatic rings. The average molecular weight is 213 g/mol. The molecular weight excluding hydrogens is 198 g/mol. The van der Waals surface area contributed by atoms with Crippen LogP contribution >= 0.6 is 0 Å². The fraction of sp³-hybridized carbons (Fsp3) is 0.778. The van der Waals surface area contributed by atoms with Crippen LogP contribution in [0.15, 0.2) is 4.52 Å². The first-order valence-corrected chi connectivity index (χ1v) is 5.02. The van der Waals surface area contributed by atoms with Crippen LogP contribution in [0.1, 0.15) is 11.7 Å². The maximum Gasteiger partial charge on any atom is 0.223 e. The van der Waals surface area contributed by atoms with E-state index in [0.29, 0.717) is 31.4 Å². The van der Waals surface area contributed by atoms with Gasteiger partial charge >= 0.3 is 0 Å². The van der Waals surface area contributed by atoms with E-state index in [4.69, 9.17) is 14.4 Å². The maximum absolute atomic E-state index is 8.98. The van der Waals surface area contributed by atoms with Crippen LogP contribution in [0.3, 0.4) is 0 Å². The van der Waals surface area contributed by atoms with E-state index in [1.165, 1.54) is 0 Å². The third-order valence-electron chi connectivity index (χ3n) is 2.36. The highest BCUT2D eigenvalue weighted by atomic mass is 16.5. The lowest BCUT2D eigenvalue weighted by atomic mass is 10.3. The standard InChI is InChI=1S/C9H15N3O3/c1-7-10-9(11-15-7)5-12-2-3-14-8(4-12)6-13/h8,13H,2-6H2,1H3. The Kier molecular flexibility index (Phi) is 3.30. The van der Waals surface area contributed by atoms with Crippen molar-refractivity contribution in [1.29, 1.82) is 0 Å². The Bertz CT molecular complexity index is 315. The number of aliphatic hydroxyl groups is 1. The molecule has 6 heteroatoms. The van der Waals surface area contributed by atoms with Crippen LogP contribution in [-0.4, -0.2) is 52.6 Å². The minimum absolute atomic E-state index is 0.0573. The van der Waals surface area contributed by atoms with E-state index in [1.807, 2.05) is 0 Å². The maximum atomic E-state index is 8.98. The minimum Gasteiger partial charge on any atom is -0.394 e. The van der Waals surface area contributed by atoms with Gasteiger partial charge in [0.15, 0.2) is 5.82 Å². The molecule has 1 atom stereocenters. The van der Waals surface area contributed by atoms with Crippen LogP contribution in [0.2, 0.25) is 0 Å². The predicted molar refractivity (Wildman–Crippen MR) is 51.1 cm³/mol. The molecule has 1 aromatic heterocycles. The van der Waals surface area contributed by atoms with Gasteiger partial charge in [-0.2, -0.15) is 4.98 Å². The van der Waals surface area contributed by atoms with Crippen molar-refractivity contribution in [3.63, 3.8) is 0 Å². The van der Waals surface area contributed by atoms with Crippen molar-refractivity contribution in [2.75, 3.05) is 26.3 Å². The van der Waals surface area contributed by atoms with Crippen molar-refractivity contribution in [1.82, 2.24) is 15.0 Å². The highest BCUT2D eigenvalue weighted by molar-refractivity contribution is 4.85. The minimum atomic E-state index is -0.0910. The molecule has 0 amide bonds. The fourth-order valence-corrected chi connectivity index (χ4v) is 1.64. The molecule has 0 aliphatic carbocycles. The molecule has 84 valence electrons. The summed E-state index contributed by atoms with van der Waals surface area (Å²) in [6, 6.07) is 0. The molecule has 0 spiro atoms. The first-order chi connectivity index (χ1) is 7.28. The van der Waals surface area contributed by atoms with Crippen molar-refractivity contribution < 1.29 is 14.4 Å². The number of morpholine rings is 1. The van der Waals surface area contributed by atoms with Crippen molar-refractivity contribution >= 4 is 0 Å². The van der Waals surface area contributed by atoms with Crippen molar-refractivity contribution in [2.24, 2.45) is 0 Å². The third kappa shape index (κ3) is 2.74. The molecule has 1 unspecified atom stereocenters. The normalized spacial score (nSPS) is 23.2. The summed E-state index contributed by atoms with van der Waals surface area (Å²) in [6.45, 7) is 4.67. The van der Waals surface area contributed by atoms with Crippen LogP contribution in [0, 0.1) is 6.92 Å². The summed E-state index contributed by atoms with van der Waals surface area (Å²) in [6.07, 6.45) is -0.0910. The second-order valence-electron chi connectivity index (χ2n) is 3.64. The lowest BCUT2D eigenvalue weighted by Crippen LogP contribution is -2.43. The van der Waals surface area contributed by atoms with E-state index in [0.717, 1.165) is 6.54 Å². The largest absolute Gasteiger partial charge is 0.394 e. The Balaban J connectivity index is 1.88. The number of rotatable bonds is 3.